The maximum Gasteiger partial charge on any atom is 0.416 e. The fourth-order valence-corrected chi connectivity index (χ4v) is 2.34. The molecule has 0 saturated heterocycles. The van der Waals surface area contributed by atoms with Gasteiger partial charge in [0.05, 0.1) is 25.3 Å². The maximum absolute atomic E-state index is 12.9. The fourth-order valence-electron chi connectivity index (χ4n) is 2.34. The number of ether oxygens (including phenoxy) is 2. The van der Waals surface area contributed by atoms with Crippen LogP contribution in [0.15, 0.2) is 48.7 Å². The Balaban J connectivity index is 2.24. The van der Waals surface area contributed by atoms with Crippen molar-refractivity contribution in [3.8, 4) is 11.5 Å². The molecule has 0 unspecified atom stereocenters. The van der Waals surface area contributed by atoms with Gasteiger partial charge in [-0.05, 0) is 36.4 Å². The molecule has 0 atom stereocenters. The average Bonchev–Trinajstić information content (AvgIpc) is 2.65. The van der Waals surface area contributed by atoms with Crippen molar-refractivity contribution in [2.45, 2.75) is 12.4 Å². The van der Waals surface area contributed by atoms with E-state index in [1.54, 1.807) is 0 Å². The minimum atomic E-state index is -4.96. The number of ketones is 1. The molecule has 0 heterocycles. The van der Waals surface area contributed by atoms with E-state index in [2.05, 4.69) is 5.32 Å². The second kappa shape index (κ2) is 8.46. The van der Waals surface area contributed by atoms with Gasteiger partial charge in [0, 0.05) is 23.5 Å². The summed E-state index contributed by atoms with van der Waals surface area (Å²) in [6, 6.07) is 5.35. The van der Waals surface area contributed by atoms with Crippen molar-refractivity contribution in [2.24, 2.45) is 0 Å². The van der Waals surface area contributed by atoms with Crippen molar-refractivity contribution in [2.75, 3.05) is 19.5 Å². The van der Waals surface area contributed by atoms with Gasteiger partial charge in [0.25, 0.3) is 0 Å². The van der Waals surface area contributed by atoms with E-state index >= 15 is 0 Å². The topological polar surface area (TPSA) is 47.6 Å². The molecule has 0 saturated carbocycles. The summed E-state index contributed by atoms with van der Waals surface area (Å²) in [6.45, 7) is 0. The molecular formula is C19H15F6NO3. The van der Waals surface area contributed by atoms with Crippen LogP contribution in [0.4, 0.5) is 32.0 Å². The molecule has 156 valence electrons. The third-order valence-corrected chi connectivity index (χ3v) is 3.74. The van der Waals surface area contributed by atoms with E-state index < -0.39 is 35.0 Å². The summed E-state index contributed by atoms with van der Waals surface area (Å²) in [5, 5.41) is 2.26. The summed E-state index contributed by atoms with van der Waals surface area (Å²) in [7, 11) is 2.78. The number of rotatable bonds is 6. The highest BCUT2D eigenvalue weighted by molar-refractivity contribution is 6.05. The van der Waals surface area contributed by atoms with Crippen LogP contribution >= 0.6 is 0 Å². The van der Waals surface area contributed by atoms with Gasteiger partial charge < -0.3 is 14.8 Å². The summed E-state index contributed by atoms with van der Waals surface area (Å²) < 4.78 is 87.2. The molecule has 0 bridgehead atoms. The predicted octanol–water partition coefficient (Wildman–Crippen LogP) is 5.55. The maximum atomic E-state index is 12.9. The molecule has 29 heavy (non-hydrogen) atoms. The van der Waals surface area contributed by atoms with Crippen LogP contribution in [0.5, 0.6) is 11.5 Å². The van der Waals surface area contributed by atoms with E-state index in [0.717, 1.165) is 12.3 Å². The van der Waals surface area contributed by atoms with Crippen LogP contribution in [0, 0.1) is 0 Å². The Morgan fingerprint density at radius 2 is 1.41 bits per heavy atom. The van der Waals surface area contributed by atoms with Crippen LogP contribution in [-0.2, 0) is 12.4 Å². The lowest BCUT2D eigenvalue weighted by Crippen LogP contribution is -2.11. The summed E-state index contributed by atoms with van der Waals surface area (Å²) >= 11 is 0. The number of hydrogen-bond donors (Lipinski definition) is 1. The predicted molar refractivity (Wildman–Crippen MR) is 93.1 cm³/mol. The van der Waals surface area contributed by atoms with Gasteiger partial charge in [0.1, 0.15) is 0 Å². The zero-order valence-electron chi connectivity index (χ0n) is 15.1. The molecule has 1 N–H and O–H groups in total. The summed E-state index contributed by atoms with van der Waals surface area (Å²) in [5.41, 5.74) is -3.21. The first kappa shape index (κ1) is 22.1. The Morgan fingerprint density at radius 3 is 1.90 bits per heavy atom. The molecule has 0 fully saturated rings. The molecule has 2 aromatic rings. The van der Waals surface area contributed by atoms with E-state index in [4.69, 9.17) is 9.47 Å². The normalized spacial score (nSPS) is 12.1. The molecule has 10 heteroatoms. The van der Waals surface area contributed by atoms with Gasteiger partial charge in [0.15, 0.2) is 17.3 Å². The lowest BCUT2D eigenvalue weighted by atomic mass is 10.1. The molecule has 0 radical (unpaired) electrons. The smallest absolute Gasteiger partial charge is 0.416 e. The Labute approximate surface area is 161 Å². The Morgan fingerprint density at radius 1 is 0.862 bits per heavy atom. The molecule has 0 spiro atoms. The van der Waals surface area contributed by atoms with Crippen molar-refractivity contribution in [3.63, 3.8) is 0 Å². The van der Waals surface area contributed by atoms with Gasteiger partial charge in [-0.15, -0.1) is 0 Å². The molecule has 4 nitrogen and oxygen atoms in total. The SMILES string of the molecule is COc1ccc(C(=O)/C=C/Nc2cc(C(F)(F)F)cc(C(F)(F)F)c2)cc1OC. The largest absolute Gasteiger partial charge is 0.493 e. The van der Waals surface area contributed by atoms with Gasteiger partial charge in [-0.1, -0.05) is 0 Å². The molecular weight excluding hydrogens is 404 g/mol. The number of halogens is 6. The van der Waals surface area contributed by atoms with Crippen LogP contribution in [0.3, 0.4) is 0 Å². The standard InChI is InChI=1S/C19H15F6NO3/c1-28-16-4-3-11(7-17(16)29-2)15(27)5-6-26-14-9-12(18(20,21)22)8-13(10-14)19(23,24)25/h3-10,26H,1-2H3/b6-5+. The van der Waals surface area contributed by atoms with Gasteiger partial charge in [0.2, 0.25) is 0 Å². The monoisotopic (exact) mass is 419 g/mol. The number of benzene rings is 2. The average molecular weight is 419 g/mol. The first-order valence-corrected chi connectivity index (χ1v) is 7.94. The van der Waals surface area contributed by atoms with E-state index in [0.29, 0.717) is 17.9 Å². The second-order valence-corrected chi connectivity index (χ2v) is 5.71. The quantitative estimate of drug-likeness (QED) is 0.379. The number of alkyl halides is 6. The van der Waals surface area contributed by atoms with Gasteiger partial charge >= 0.3 is 12.4 Å². The number of carbonyl (C=O) groups is 1. The summed E-state index contributed by atoms with van der Waals surface area (Å²) in [6.07, 6.45) is -8.00. The number of nitrogens with one attached hydrogen (secondary N) is 1. The van der Waals surface area contributed by atoms with Crippen LogP contribution in [-0.4, -0.2) is 20.0 Å². The van der Waals surface area contributed by atoms with E-state index in [-0.39, 0.29) is 17.4 Å². The molecule has 2 rings (SSSR count). The fraction of sp³-hybridized carbons (Fsp3) is 0.211. The van der Waals surface area contributed by atoms with Crippen molar-refractivity contribution in [1.29, 1.82) is 0 Å². The van der Waals surface area contributed by atoms with Crippen molar-refractivity contribution in [1.82, 2.24) is 0 Å². The highest BCUT2D eigenvalue weighted by Gasteiger charge is 2.36. The lowest BCUT2D eigenvalue weighted by molar-refractivity contribution is -0.143. The highest BCUT2D eigenvalue weighted by Crippen LogP contribution is 2.37. The third-order valence-electron chi connectivity index (χ3n) is 3.74. The molecule has 0 amide bonds. The van der Waals surface area contributed by atoms with Crippen LogP contribution in [0.2, 0.25) is 0 Å². The molecule has 0 aliphatic carbocycles. The summed E-state index contributed by atoms with van der Waals surface area (Å²) in [4.78, 5) is 12.2. The molecule has 0 aromatic heterocycles. The van der Waals surface area contributed by atoms with Crippen LogP contribution in [0.1, 0.15) is 21.5 Å². The molecule has 0 aliphatic heterocycles. The van der Waals surface area contributed by atoms with E-state index in [1.807, 2.05) is 0 Å². The zero-order chi connectivity index (χ0) is 21.8. The number of hydrogen-bond acceptors (Lipinski definition) is 4. The van der Waals surface area contributed by atoms with Gasteiger partial charge in [-0.3, -0.25) is 4.79 Å². The van der Waals surface area contributed by atoms with Gasteiger partial charge in [-0.25, -0.2) is 0 Å². The summed E-state index contributed by atoms with van der Waals surface area (Å²) in [5.74, 6) is 0.115. The first-order valence-electron chi connectivity index (χ1n) is 7.94. The van der Waals surface area contributed by atoms with Crippen LogP contribution < -0.4 is 14.8 Å². The lowest BCUT2D eigenvalue weighted by Gasteiger charge is -2.14. The zero-order valence-corrected chi connectivity index (χ0v) is 15.1. The number of methoxy groups -OCH3 is 2. The van der Waals surface area contributed by atoms with Gasteiger partial charge in [-0.2, -0.15) is 26.3 Å². The minimum Gasteiger partial charge on any atom is -0.493 e. The highest BCUT2D eigenvalue weighted by atomic mass is 19.4. The Bertz CT molecular complexity index is 887. The third kappa shape index (κ3) is 5.66. The minimum absolute atomic E-state index is 0.0175. The Hall–Kier alpha value is -3.17. The van der Waals surface area contributed by atoms with E-state index in [9.17, 15) is 31.1 Å². The Kier molecular flexibility index (Phi) is 6.45. The number of anilines is 1. The molecule has 2 aromatic carbocycles. The second-order valence-electron chi connectivity index (χ2n) is 5.71. The first-order chi connectivity index (χ1) is 13.5. The van der Waals surface area contributed by atoms with Crippen molar-refractivity contribution < 1.29 is 40.6 Å². The van der Waals surface area contributed by atoms with Crippen molar-refractivity contribution >= 4 is 11.5 Å². The molecule has 0 aliphatic rings. The number of allylic oxidation sites excluding steroid dienone is 1. The van der Waals surface area contributed by atoms with Crippen molar-refractivity contribution in [3.05, 3.63) is 65.4 Å². The van der Waals surface area contributed by atoms with Crippen LogP contribution in [0.25, 0.3) is 0 Å². The van der Waals surface area contributed by atoms with E-state index in [1.165, 1.54) is 32.4 Å². The number of carbonyl (C=O) groups excluding carboxylic acids is 1.